The van der Waals surface area contributed by atoms with Gasteiger partial charge >= 0.3 is 0 Å². The molecular weight excluding hydrogens is 90.1 g/mol. The topological polar surface area (TPSA) is 43.7 Å². The van der Waals surface area contributed by atoms with Gasteiger partial charge < -0.3 is 0 Å². The molecule has 0 saturated heterocycles. The van der Waals surface area contributed by atoms with Crippen LogP contribution in [0.4, 0.5) is 0 Å². The summed E-state index contributed by atoms with van der Waals surface area (Å²) in [4.78, 5) is 0. The first kappa shape index (κ1) is 4.61. The van der Waals surface area contributed by atoms with Gasteiger partial charge in [-0.15, -0.1) is 0 Å². The Balaban J connectivity index is 2.47. The van der Waals surface area contributed by atoms with Crippen molar-refractivity contribution >= 4 is 0 Å². The van der Waals surface area contributed by atoms with Crippen molar-refractivity contribution in [2.45, 2.75) is 12.8 Å². The van der Waals surface area contributed by atoms with Crippen LogP contribution in [0, 0.1) is 16.7 Å². The molecule has 0 aromatic carbocycles. The number of nitrogens with zero attached hydrogens (tertiary/aromatic N) is 1. The molecule has 0 amide bonds. The van der Waals surface area contributed by atoms with E-state index in [1.165, 1.54) is 0 Å². The van der Waals surface area contributed by atoms with E-state index >= 15 is 0 Å². The van der Waals surface area contributed by atoms with Gasteiger partial charge in [-0.2, -0.15) is 5.26 Å². The Morgan fingerprint density at radius 1 is 1.71 bits per heavy atom. The molecule has 0 aromatic heterocycles. The van der Waals surface area contributed by atoms with E-state index in [0.29, 0.717) is 0 Å². The molecule has 0 atom stereocenters. The highest BCUT2D eigenvalue weighted by molar-refractivity contribution is 5.09. The van der Waals surface area contributed by atoms with Crippen LogP contribution in [-0.2, 0) is 5.11 Å². The fraction of sp³-hybridized carbons (Fsp3) is 0.800. The third kappa shape index (κ3) is 0.594. The minimum Gasteiger partial charge on any atom is -0.235 e. The number of rotatable bonds is 1. The smallest absolute Gasteiger partial charge is 0.101 e. The fourth-order valence-electron chi connectivity index (χ4n) is 0.439. The highest BCUT2D eigenvalue weighted by atomic mass is 16.3. The summed E-state index contributed by atoms with van der Waals surface area (Å²) >= 11 is 0. The Bertz CT molecular complexity index is 110. The molecule has 1 rings (SSSR count). The van der Waals surface area contributed by atoms with Gasteiger partial charge in [-0.05, 0) is 12.8 Å². The third-order valence-electron chi connectivity index (χ3n) is 1.37. The van der Waals surface area contributed by atoms with Crippen molar-refractivity contribution in [3.63, 3.8) is 0 Å². The molecule has 1 aliphatic rings. The van der Waals surface area contributed by atoms with E-state index < -0.39 is 5.41 Å². The van der Waals surface area contributed by atoms with Crippen molar-refractivity contribution in [1.29, 1.82) is 5.26 Å². The minimum atomic E-state index is -0.417. The number of hydrogen-bond donors (Lipinski definition) is 0. The summed E-state index contributed by atoms with van der Waals surface area (Å²) in [5, 5.41) is 18.2. The SMILES string of the molecule is N#CC1(C[O])CC1. The molecule has 1 saturated carbocycles. The normalized spacial score (nSPS) is 23.4. The lowest BCUT2D eigenvalue weighted by atomic mass is 10.2. The first-order chi connectivity index (χ1) is 3.33. The second-order valence-corrected chi connectivity index (χ2v) is 2.04. The van der Waals surface area contributed by atoms with E-state index in [0.717, 1.165) is 12.8 Å². The number of nitriles is 1. The molecule has 1 aliphatic carbocycles. The van der Waals surface area contributed by atoms with Crippen LogP contribution in [0.1, 0.15) is 12.8 Å². The predicted octanol–water partition coefficient (Wildman–Crippen LogP) is 0.721. The van der Waals surface area contributed by atoms with E-state index in [1.807, 2.05) is 6.07 Å². The Morgan fingerprint density at radius 3 is 2.29 bits per heavy atom. The van der Waals surface area contributed by atoms with Crippen molar-refractivity contribution in [1.82, 2.24) is 0 Å². The van der Waals surface area contributed by atoms with Gasteiger partial charge in [0.1, 0.15) is 6.61 Å². The first-order valence-corrected chi connectivity index (χ1v) is 2.32. The van der Waals surface area contributed by atoms with Gasteiger partial charge in [0.25, 0.3) is 0 Å². The zero-order chi connectivity index (χ0) is 5.33. The van der Waals surface area contributed by atoms with E-state index in [-0.39, 0.29) is 6.61 Å². The largest absolute Gasteiger partial charge is 0.235 e. The summed E-state index contributed by atoms with van der Waals surface area (Å²) in [6.45, 7) is -0.205. The molecule has 0 heterocycles. The zero-order valence-electron chi connectivity index (χ0n) is 3.98. The zero-order valence-corrected chi connectivity index (χ0v) is 3.98. The second-order valence-electron chi connectivity index (χ2n) is 2.04. The molecule has 0 bridgehead atoms. The third-order valence-corrected chi connectivity index (χ3v) is 1.37. The molecule has 0 aromatic rings. The van der Waals surface area contributed by atoms with Crippen LogP contribution in [0.2, 0.25) is 0 Å². The van der Waals surface area contributed by atoms with Gasteiger partial charge in [0.15, 0.2) is 0 Å². The van der Waals surface area contributed by atoms with Crippen LogP contribution in [0.3, 0.4) is 0 Å². The molecule has 37 valence electrons. The van der Waals surface area contributed by atoms with Gasteiger partial charge in [-0.3, -0.25) is 0 Å². The average molecular weight is 96.1 g/mol. The molecule has 0 unspecified atom stereocenters. The summed E-state index contributed by atoms with van der Waals surface area (Å²) < 4.78 is 0. The summed E-state index contributed by atoms with van der Waals surface area (Å²) in [5.74, 6) is 0. The van der Waals surface area contributed by atoms with Crippen LogP contribution in [0.15, 0.2) is 0 Å². The monoisotopic (exact) mass is 96.0 g/mol. The second kappa shape index (κ2) is 1.21. The van der Waals surface area contributed by atoms with E-state index in [4.69, 9.17) is 5.26 Å². The van der Waals surface area contributed by atoms with Gasteiger partial charge in [0, 0.05) is 0 Å². The molecule has 7 heavy (non-hydrogen) atoms. The van der Waals surface area contributed by atoms with Gasteiger partial charge in [-0.1, -0.05) is 0 Å². The highest BCUT2D eigenvalue weighted by Crippen LogP contribution is 2.43. The Labute approximate surface area is 42.4 Å². The Morgan fingerprint density at radius 2 is 2.29 bits per heavy atom. The Kier molecular flexibility index (Phi) is 0.795. The van der Waals surface area contributed by atoms with E-state index in [9.17, 15) is 5.11 Å². The van der Waals surface area contributed by atoms with Gasteiger partial charge in [0.05, 0.1) is 11.5 Å². The molecule has 1 fully saturated rings. The van der Waals surface area contributed by atoms with Gasteiger partial charge in [-0.25, -0.2) is 5.11 Å². The van der Waals surface area contributed by atoms with E-state index in [2.05, 4.69) is 0 Å². The van der Waals surface area contributed by atoms with Gasteiger partial charge in [0.2, 0.25) is 0 Å². The average Bonchev–Trinajstić information content (AvgIpc) is 2.46. The fourth-order valence-corrected chi connectivity index (χ4v) is 0.439. The molecule has 2 heteroatoms. The van der Waals surface area contributed by atoms with Crippen LogP contribution >= 0.6 is 0 Å². The summed E-state index contributed by atoms with van der Waals surface area (Å²) in [7, 11) is 0. The molecule has 1 radical (unpaired) electrons. The molecule has 0 spiro atoms. The van der Waals surface area contributed by atoms with Crippen molar-refractivity contribution in [3.8, 4) is 6.07 Å². The predicted molar refractivity (Wildman–Crippen MR) is 22.8 cm³/mol. The van der Waals surface area contributed by atoms with Crippen molar-refractivity contribution in [2.24, 2.45) is 5.41 Å². The molecule has 0 aliphatic heterocycles. The van der Waals surface area contributed by atoms with Crippen LogP contribution in [0.25, 0.3) is 0 Å². The first-order valence-electron chi connectivity index (χ1n) is 2.32. The summed E-state index contributed by atoms with van der Waals surface area (Å²) in [6, 6.07) is 1.99. The number of hydrogen-bond acceptors (Lipinski definition) is 1. The maximum Gasteiger partial charge on any atom is 0.101 e. The lowest BCUT2D eigenvalue weighted by Crippen LogP contribution is -1.99. The summed E-state index contributed by atoms with van der Waals surface area (Å²) in [5.41, 5.74) is -0.417. The lowest BCUT2D eigenvalue weighted by molar-refractivity contribution is 0.155. The van der Waals surface area contributed by atoms with Crippen LogP contribution < -0.4 is 0 Å². The van der Waals surface area contributed by atoms with Crippen molar-refractivity contribution < 1.29 is 5.11 Å². The van der Waals surface area contributed by atoms with Crippen molar-refractivity contribution in [2.75, 3.05) is 6.61 Å². The maximum atomic E-state index is 10.0. The Hall–Kier alpha value is -0.550. The molecule has 0 N–H and O–H groups in total. The minimum absolute atomic E-state index is 0.205. The molecular formula is C5H6NO. The van der Waals surface area contributed by atoms with Crippen LogP contribution in [-0.4, -0.2) is 6.61 Å². The molecule has 2 nitrogen and oxygen atoms in total. The quantitative estimate of drug-likeness (QED) is 0.474. The summed E-state index contributed by atoms with van der Waals surface area (Å²) in [6.07, 6.45) is 1.65. The highest BCUT2D eigenvalue weighted by Gasteiger charge is 2.43. The van der Waals surface area contributed by atoms with Crippen molar-refractivity contribution in [3.05, 3.63) is 0 Å². The van der Waals surface area contributed by atoms with E-state index in [1.54, 1.807) is 0 Å². The lowest BCUT2D eigenvalue weighted by Gasteiger charge is -1.89. The standard InChI is InChI=1S/C5H6NO/c6-3-5(4-7)1-2-5/h1-2,4H2. The van der Waals surface area contributed by atoms with Crippen LogP contribution in [0.5, 0.6) is 0 Å². The maximum absolute atomic E-state index is 10.0.